The monoisotopic (exact) mass is 587 g/mol. The number of hydrogen-bond donors (Lipinski definition) is 1. The van der Waals surface area contributed by atoms with Crippen molar-refractivity contribution >= 4 is 46.3 Å². The van der Waals surface area contributed by atoms with Crippen molar-refractivity contribution in [2.45, 2.75) is 45.7 Å². The van der Waals surface area contributed by atoms with Gasteiger partial charge in [-0.25, -0.2) is 15.0 Å². The quantitative estimate of drug-likeness (QED) is 0.355. The van der Waals surface area contributed by atoms with Crippen LogP contribution in [0.25, 0.3) is 0 Å². The first kappa shape index (κ1) is 30.0. The number of fused-ring (bicyclic) bond motifs is 1. The second kappa shape index (κ2) is 13.6. The zero-order chi connectivity index (χ0) is 28.8. The number of ether oxygens (including phenoxy) is 2. The van der Waals surface area contributed by atoms with Crippen LogP contribution in [0.1, 0.15) is 37.9 Å². The standard InChI is InChI=1S/C27H33Cl2N7O2.C2H6/c1-34(2)19-7-10-35(11-8-19)23-6-5-18(15-30-23)32-27-31-14-17-16-36(12-9-20(17)33-27)26-24(28)21(37-3)13-22(38-4)25(26)29;1-2/h5-6,13-15,19H,7-12,16H2,1-4H3,(H,31,32,33);1-2H3. The molecular weight excluding hydrogens is 549 g/mol. The summed E-state index contributed by atoms with van der Waals surface area (Å²) in [5, 5.41) is 4.21. The molecule has 0 amide bonds. The molecule has 0 spiro atoms. The van der Waals surface area contributed by atoms with Crippen LogP contribution in [0.2, 0.25) is 10.0 Å². The molecule has 3 aromatic rings. The summed E-state index contributed by atoms with van der Waals surface area (Å²) in [4.78, 5) is 20.8. The maximum absolute atomic E-state index is 6.64. The second-order valence-corrected chi connectivity index (χ2v) is 10.6. The Balaban J connectivity index is 0.00000181. The van der Waals surface area contributed by atoms with E-state index in [1.54, 1.807) is 20.3 Å². The van der Waals surface area contributed by atoms with Crippen LogP contribution in [0.5, 0.6) is 11.5 Å². The van der Waals surface area contributed by atoms with Gasteiger partial charge in [0.1, 0.15) is 27.4 Å². The Morgan fingerprint density at radius 3 is 2.17 bits per heavy atom. The van der Waals surface area contributed by atoms with Crippen LogP contribution < -0.4 is 24.6 Å². The summed E-state index contributed by atoms with van der Waals surface area (Å²) >= 11 is 13.3. The normalized spacial score (nSPS) is 15.3. The third kappa shape index (κ3) is 6.48. The molecule has 0 atom stereocenters. The Labute approximate surface area is 247 Å². The molecule has 216 valence electrons. The first-order chi connectivity index (χ1) is 19.4. The van der Waals surface area contributed by atoms with Crippen molar-refractivity contribution in [3.63, 3.8) is 0 Å². The fourth-order valence-electron chi connectivity index (χ4n) is 5.10. The zero-order valence-electron chi connectivity index (χ0n) is 24.2. The second-order valence-electron chi connectivity index (χ2n) is 9.81. The van der Waals surface area contributed by atoms with Gasteiger partial charge in [0.2, 0.25) is 5.95 Å². The Morgan fingerprint density at radius 2 is 1.60 bits per heavy atom. The Bertz CT molecular complexity index is 1250. The largest absolute Gasteiger partial charge is 0.495 e. The van der Waals surface area contributed by atoms with Crippen molar-refractivity contribution in [2.75, 3.05) is 63.1 Å². The van der Waals surface area contributed by atoms with Gasteiger partial charge in [-0.05, 0) is 39.1 Å². The highest BCUT2D eigenvalue weighted by Crippen LogP contribution is 2.47. The molecule has 0 bridgehead atoms. The van der Waals surface area contributed by atoms with E-state index in [-0.39, 0.29) is 0 Å². The molecule has 1 saturated heterocycles. The number of methoxy groups -OCH3 is 2. The summed E-state index contributed by atoms with van der Waals surface area (Å²) in [5.74, 6) is 2.59. The maximum Gasteiger partial charge on any atom is 0.227 e. The molecule has 2 aliphatic heterocycles. The van der Waals surface area contributed by atoms with Crippen molar-refractivity contribution in [3.8, 4) is 11.5 Å². The minimum atomic E-state index is 0.457. The number of halogens is 2. The summed E-state index contributed by atoms with van der Waals surface area (Å²) < 4.78 is 10.9. The number of pyridine rings is 1. The molecule has 0 radical (unpaired) electrons. The molecule has 0 saturated carbocycles. The van der Waals surface area contributed by atoms with E-state index in [2.05, 4.69) is 50.1 Å². The van der Waals surface area contributed by atoms with Gasteiger partial charge < -0.3 is 29.5 Å². The van der Waals surface area contributed by atoms with E-state index < -0.39 is 0 Å². The van der Waals surface area contributed by atoms with Gasteiger partial charge in [0.25, 0.3) is 0 Å². The van der Waals surface area contributed by atoms with Crippen LogP contribution in [0, 0.1) is 0 Å². The van der Waals surface area contributed by atoms with E-state index in [1.165, 1.54) is 0 Å². The number of benzene rings is 1. The van der Waals surface area contributed by atoms with Crippen molar-refractivity contribution < 1.29 is 9.47 Å². The average molecular weight is 589 g/mol. The minimum absolute atomic E-state index is 0.457. The highest BCUT2D eigenvalue weighted by atomic mass is 35.5. The number of nitrogens with one attached hydrogen (secondary N) is 1. The first-order valence-electron chi connectivity index (χ1n) is 13.7. The van der Waals surface area contributed by atoms with Crippen LogP contribution >= 0.6 is 23.2 Å². The predicted molar refractivity (Wildman–Crippen MR) is 164 cm³/mol. The van der Waals surface area contributed by atoms with Gasteiger partial charge in [0.05, 0.1) is 37.5 Å². The first-order valence-corrected chi connectivity index (χ1v) is 14.5. The average Bonchev–Trinajstić information content (AvgIpc) is 2.99. The molecule has 0 unspecified atom stereocenters. The number of nitrogens with zero attached hydrogens (tertiary/aromatic N) is 6. The van der Waals surface area contributed by atoms with Crippen LogP contribution in [-0.4, -0.2) is 73.8 Å². The summed E-state index contributed by atoms with van der Waals surface area (Å²) in [6.45, 7) is 7.31. The van der Waals surface area contributed by atoms with E-state index in [0.717, 1.165) is 55.1 Å². The summed E-state index contributed by atoms with van der Waals surface area (Å²) in [6.07, 6.45) is 6.72. The zero-order valence-corrected chi connectivity index (χ0v) is 25.7. The molecule has 9 nitrogen and oxygen atoms in total. The van der Waals surface area contributed by atoms with Crippen LogP contribution in [0.3, 0.4) is 0 Å². The Kier molecular flexibility index (Phi) is 10.2. The predicted octanol–water partition coefficient (Wildman–Crippen LogP) is 6.06. The summed E-state index contributed by atoms with van der Waals surface area (Å²) in [5.41, 5.74) is 3.56. The number of rotatable bonds is 7. The van der Waals surface area contributed by atoms with Crippen molar-refractivity contribution in [3.05, 3.63) is 51.9 Å². The molecule has 1 aromatic carbocycles. The Morgan fingerprint density at radius 1 is 0.925 bits per heavy atom. The molecule has 4 heterocycles. The van der Waals surface area contributed by atoms with E-state index in [9.17, 15) is 0 Å². The molecule has 1 N–H and O–H groups in total. The molecule has 0 aliphatic carbocycles. The fourth-order valence-corrected chi connectivity index (χ4v) is 5.84. The number of hydrogen-bond acceptors (Lipinski definition) is 9. The highest BCUT2D eigenvalue weighted by Gasteiger charge is 2.26. The number of piperidine rings is 1. The van der Waals surface area contributed by atoms with Crippen LogP contribution in [0.15, 0.2) is 30.6 Å². The summed E-state index contributed by atoms with van der Waals surface area (Å²) in [7, 11) is 7.45. The topological polar surface area (TPSA) is 78.9 Å². The van der Waals surface area contributed by atoms with E-state index in [1.807, 2.05) is 32.3 Å². The van der Waals surface area contributed by atoms with Gasteiger partial charge in [-0.1, -0.05) is 37.0 Å². The molecule has 11 heteroatoms. The molecule has 5 rings (SSSR count). The van der Waals surface area contributed by atoms with Gasteiger partial charge in [-0.3, -0.25) is 0 Å². The molecule has 40 heavy (non-hydrogen) atoms. The van der Waals surface area contributed by atoms with Gasteiger partial charge in [-0.2, -0.15) is 0 Å². The van der Waals surface area contributed by atoms with Crippen LogP contribution in [-0.2, 0) is 13.0 Å². The lowest BCUT2D eigenvalue weighted by Gasteiger charge is -2.35. The lowest BCUT2D eigenvalue weighted by molar-refractivity contribution is 0.249. The SMILES string of the molecule is CC.COc1cc(OC)c(Cl)c(N2CCc3nc(Nc4ccc(N5CCC(N(C)C)CC5)nc4)ncc3C2)c1Cl. The van der Waals surface area contributed by atoms with Crippen LogP contribution in [0.4, 0.5) is 23.1 Å². The van der Waals surface area contributed by atoms with Gasteiger partial charge in [0.15, 0.2) is 0 Å². The fraction of sp³-hybridized carbons (Fsp3) is 0.483. The molecule has 2 aliphatic rings. The van der Waals surface area contributed by atoms with Gasteiger partial charge in [-0.15, -0.1) is 0 Å². The summed E-state index contributed by atoms with van der Waals surface area (Å²) in [6, 6.07) is 6.43. The number of aromatic nitrogens is 3. The molecule has 1 fully saturated rings. The Hall–Kier alpha value is -3.01. The molecular formula is C29H39Cl2N7O2. The highest BCUT2D eigenvalue weighted by molar-refractivity contribution is 6.41. The van der Waals surface area contributed by atoms with E-state index in [4.69, 9.17) is 37.7 Å². The number of anilines is 4. The van der Waals surface area contributed by atoms with Gasteiger partial charge >= 0.3 is 0 Å². The van der Waals surface area contributed by atoms with Crippen molar-refractivity contribution in [2.24, 2.45) is 0 Å². The van der Waals surface area contributed by atoms with E-state index in [0.29, 0.717) is 52.3 Å². The lowest BCUT2D eigenvalue weighted by atomic mass is 10.0. The third-order valence-electron chi connectivity index (χ3n) is 7.32. The minimum Gasteiger partial charge on any atom is -0.495 e. The van der Waals surface area contributed by atoms with Gasteiger partial charge in [0, 0.05) is 56.5 Å². The van der Waals surface area contributed by atoms with E-state index >= 15 is 0 Å². The molecule has 2 aromatic heterocycles. The third-order valence-corrected chi connectivity index (χ3v) is 8.05. The lowest BCUT2D eigenvalue weighted by Crippen LogP contribution is -2.42. The smallest absolute Gasteiger partial charge is 0.227 e. The van der Waals surface area contributed by atoms with Crippen molar-refractivity contribution in [1.82, 2.24) is 19.9 Å². The van der Waals surface area contributed by atoms with Crippen molar-refractivity contribution in [1.29, 1.82) is 0 Å². The maximum atomic E-state index is 6.64.